The SMILES string of the molecule is Cc1ccc(N)c(S(=O)(=O)NCCC(C)S(C)=O)c1C. The highest BCUT2D eigenvalue weighted by Gasteiger charge is 2.21. The molecular formula is C13H22N2O3S2. The number of hydrogen-bond acceptors (Lipinski definition) is 4. The Morgan fingerprint density at radius 1 is 1.35 bits per heavy atom. The van der Waals surface area contributed by atoms with Gasteiger partial charge in [-0.15, -0.1) is 0 Å². The van der Waals surface area contributed by atoms with E-state index in [4.69, 9.17) is 5.73 Å². The number of nitrogen functional groups attached to an aromatic ring is 1. The summed E-state index contributed by atoms with van der Waals surface area (Å²) >= 11 is 0. The number of aryl methyl sites for hydroxylation is 1. The maximum absolute atomic E-state index is 12.3. The van der Waals surface area contributed by atoms with Crippen LogP contribution in [0.25, 0.3) is 0 Å². The lowest BCUT2D eigenvalue weighted by Crippen LogP contribution is -2.29. The summed E-state index contributed by atoms with van der Waals surface area (Å²) in [5, 5.41) is -0.0475. The Kier molecular flexibility index (Phi) is 5.73. The Labute approximate surface area is 123 Å². The standard InChI is InChI=1S/C13H22N2O3S2/c1-9-5-6-12(14)13(11(9)3)20(17,18)15-8-7-10(2)19(4)16/h5-6,10,15H,7-8,14H2,1-4H3. The van der Waals surface area contributed by atoms with Crippen molar-refractivity contribution in [2.45, 2.75) is 37.3 Å². The second-order valence-corrected chi connectivity index (χ2v) is 8.43. The third kappa shape index (κ3) is 4.04. The van der Waals surface area contributed by atoms with E-state index < -0.39 is 20.8 Å². The molecule has 0 amide bonds. The molecule has 0 radical (unpaired) electrons. The van der Waals surface area contributed by atoms with E-state index in [-0.39, 0.29) is 22.4 Å². The van der Waals surface area contributed by atoms with Crippen molar-refractivity contribution in [3.63, 3.8) is 0 Å². The van der Waals surface area contributed by atoms with E-state index in [1.54, 1.807) is 25.3 Å². The number of benzene rings is 1. The zero-order chi connectivity index (χ0) is 15.5. The van der Waals surface area contributed by atoms with Crippen molar-refractivity contribution in [1.82, 2.24) is 4.72 Å². The van der Waals surface area contributed by atoms with E-state index in [1.807, 2.05) is 13.8 Å². The first kappa shape index (κ1) is 17.1. The smallest absolute Gasteiger partial charge is 0.242 e. The van der Waals surface area contributed by atoms with E-state index >= 15 is 0 Å². The minimum atomic E-state index is -3.64. The quantitative estimate of drug-likeness (QED) is 0.774. The fourth-order valence-electron chi connectivity index (χ4n) is 1.80. The molecule has 1 aromatic carbocycles. The fraction of sp³-hybridized carbons (Fsp3) is 0.538. The molecule has 0 saturated heterocycles. The van der Waals surface area contributed by atoms with Crippen molar-refractivity contribution in [2.24, 2.45) is 0 Å². The first-order chi connectivity index (χ1) is 9.16. The highest BCUT2D eigenvalue weighted by atomic mass is 32.2. The van der Waals surface area contributed by atoms with Gasteiger partial charge in [0.15, 0.2) is 0 Å². The van der Waals surface area contributed by atoms with Gasteiger partial charge in [0, 0.05) is 28.9 Å². The number of nitrogens with one attached hydrogen (secondary N) is 1. The average Bonchev–Trinajstić information content (AvgIpc) is 2.33. The van der Waals surface area contributed by atoms with Crippen molar-refractivity contribution in [3.8, 4) is 0 Å². The second kappa shape index (κ2) is 6.69. The molecule has 2 atom stereocenters. The Bertz CT molecular complexity index is 612. The van der Waals surface area contributed by atoms with E-state index in [1.165, 1.54) is 0 Å². The van der Waals surface area contributed by atoms with Gasteiger partial charge < -0.3 is 5.73 Å². The van der Waals surface area contributed by atoms with Crippen LogP contribution in [-0.4, -0.2) is 30.7 Å². The minimum Gasteiger partial charge on any atom is -0.398 e. The zero-order valence-electron chi connectivity index (χ0n) is 12.3. The van der Waals surface area contributed by atoms with Crippen molar-refractivity contribution >= 4 is 26.5 Å². The van der Waals surface area contributed by atoms with Gasteiger partial charge in [0.25, 0.3) is 0 Å². The van der Waals surface area contributed by atoms with Gasteiger partial charge in [0.1, 0.15) is 4.90 Å². The van der Waals surface area contributed by atoms with Gasteiger partial charge in [-0.3, -0.25) is 4.21 Å². The van der Waals surface area contributed by atoms with Crippen LogP contribution >= 0.6 is 0 Å². The van der Waals surface area contributed by atoms with Crippen molar-refractivity contribution < 1.29 is 12.6 Å². The molecular weight excluding hydrogens is 296 g/mol. The van der Waals surface area contributed by atoms with E-state index in [0.29, 0.717) is 12.0 Å². The summed E-state index contributed by atoms with van der Waals surface area (Å²) in [5.74, 6) is 0. The molecule has 0 heterocycles. The third-order valence-electron chi connectivity index (χ3n) is 3.39. The molecule has 0 aliphatic rings. The number of sulfonamides is 1. The summed E-state index contributed by atoms with van der Waals surface area (Å²) < 4.78 is 38.4. The van der Waals surface area contributed by atoms with Gasteiger partial charge in [-0.25, -0.2) is 13.1 Å². The maximum atomic E-state index is 12.3. The lowest BCUT2D eigenvalue weighted by Gasteiger charge is -2.14. The van der Waals surface area contributed by atoms with Gasteiger partial charge in [0.05, 0.1) is 5.69 Å². The zero-order valence-corrected chi connectivity index (χ0v) is 13.9. The van der Waals surface area contributed by atoms with Crippen molar-refractivity contribution in [3.05, 3.63) is 23.3 Å². The first-order valence-corrected chi connectivity index (χ1v) is 9.45. The predicted octanol–water partition coefficient (Wildman–Crippen LogP) is 1.32. The molecule has 0 aliphatic heterocycles. The van der Waals surface area contributed by atoms with E-state index in [2.05, 4.69) is 4.72 Å². The van der Waals surface area contributed by atoms with Crippen LogP contribution in [0.15, 0.2) is 17.0 Å². The number of hydrogen-bond donors (Lipinski definition) is 2. The van der Waals surface area contributed by atoms with Gasteiger partial charge in [-0.2, -0.15) is 0 Å². The molecule has 3 N–H and O–H groups in total. The summed E-state index contributed by atoms with van der Waals surface area (Å²) in [4.78, 5) is 0.141. The van der Waals surface area contributed by atoms with Gasteiger partial charge in [-0.1, -0.05) is 13.0 Å². The Balaban J connectivity index is 2.90. The van der Waals surface area contributed by atoms with Crippen LogP contribution < -0.4 is 10.5 Å². The Hall–Kier alpha value is -0.920. The normalized spacial score (nSPS) is 15.0. The molecule has 0 saturated carbocycles. The van der Waals surface area contributed by atoms with Crippen LogP contribution in [-0.2, 0) is 20.8 Å². The van der Waals surface area contributed by atoms with Gasteiger partial charge in [-0.05, 0) is 37.5 Å². The minimum absolute atomic E-state index is 0.0475. The second-order valence-electron chi connectivity index (χ2n) is 4.92. The predicted molar refractivity (Wildman–Crippen MR) is 83.7 cm³/mol. The molecule has 0 bridgehead atoms. The number of anilines is 1. The summed E-state index contributed by atoms with van der Waals surface area (Å²) in [6, 6.07) is 3.40. The van der Waals surface area contributed by atoms with Crippen LogP contribution in [0.3, 0.4) is 0 Å². The molecule has 114 valence electrons. The average molecular weight is 318 g/mol. The van der Waals surface area contributed by atoms with E-state index in [0.717, 1.165) is 5.56 Å². The van der Waals surface area contributed by atoms with Crippen LogP contribution in [0.4, 0.5) is 5.69 Å². The Morgan fingerprint density at radius 2 is 1.95 bits per heavy atom. The van der Waals surface area contributed by atoms with Crippen LogP contribution in [0.2, 0.25) is 0 Å². The summed E-state index contributed by atoms with van der Waals surface area (Å²) in [5.41, 5.74) is 7.57. The molecule has 2 unspecified atom stereocenters. The molecule has 5 nitrogen and oxygen atoms in total. The lowest BCUT2D eigenvalue weighted by atomic mass is 10.1. The molecule has 0 fully saturated rings. The van der Waals surface area contributed by atoms with Gasteiger partial charge >= 0.3 is 0 Å². The molecule has 7 heteroatoms. The largest absolute Gasteiger partial charge is 0.398 e. The summed E-state index contributed by atoms with van der Waals surface area (Å²) in [7, 11) is -4.59. The molecule has 1 aromatic rings. The first-order valence-electron chi connectivity index (χ1n) is 6.34. The Morgan fingerprint density at radius 3 is 2.50 bits per heavy atom. The van der Waals surface area contributed by atoms with Crippen LogP contribution in [0.1, 0.15) is 24.5 Å². The van der Waals surface area contributed by atoms with Crippen LogP contribution in [0.5, 0.6) is 0 Å². The molecule has 0 aliphatic carbocycles. The summed E-state index contributed by atoms with van der Waals surface area (Å²) in [6.07, 6.45) is 2.13. The lowest BCUT2D eigenvalue weighted by molar-refractivity contribution is 0.577. The third-order valence-corrected chi connectivity index (χ3v) is 6.42. The molecule has 20 heavy (non-hydrogen) atoms. The molecule has 1 rings (SSSR count). The summed E-state index contributed by atoms with van der Waals surface area (Å²) in [6.45, 7) is 5.66. The fourth-order valence-corrected chi connectivity index (χ4v) is 3.73. The van der Waals surface area contributed by atoms with Crippen molar-refractivity contribution in [1.29, 1.82) is 0 Å². The van der Waals surface area contributed by atoms with Crippen LogP contribution in [0, 0.1) is 13.8 Å². The topological polar surface area (TPSA) is 89.3 Å². The van der Waals surface area contributed by atoms with E-state index in [9.17, 15) is 12.6 Å². The highest BCUT2D eigenvalue weighted by molar-refractivity contribution is 7.89. The van der Waals surface area contributed by atoms with Gasteiger partial charge in [0.2, 0.25) is 10.0 Å². The maximum Gasteiger partial charge on any atom is 0.242 e. The monoisotopic (exact) mass is 318 g/mol. The molecule has 0 aromatic heterocycles. The number of nitrogens with two attached hydrogens (primary N) is 1. The van der Waals surface area contributed by atoms with Crippen molar-refractivity contribution in [2.75, 3.05) is 18.5 Å². The number of rotatable bonds is 6. The highest BCUT2D eigenvalue weighted by Crippen LogP contribution is 2.25. The molecule has 0 spiro atoms.